The van der Waals surface area contributed by atoms with Crippen molar-refractivity contribution in [1.29, 1.82) is 0 Å². The van der Waals surface area contributed by atoms with Crippen LogP contribution in [0.5, 0.6) is 0 Å². The molecule has 0 bridgehead atoms. The smallest absolute Gasteiger partial charge is 0.332 e. The van der Waals surface area contributed by atoms with E-state index in [0.717, 1.165) is 0 Å². The molecular formula is C8H8O8. The van der Waals surface area contributed by atoms with Crippen LogP contribution in [0.25, 0.3) is 0 Å². The van der Waals surface area contributed by atoms with Crippen LogP contribution < -0.4 is 0 Å². The molecule has 0 radical (unpaired) electrons. The lowest BCUT2D eigenvalue weighted by Crippen LogP contribution is -2.16. The van der Waals surface area contributed by atoms with Gasteiger partial charge in [-0.25, -0.2) is 9.59 Å². The van der Waals surface area contributed by atoms with Gasteiger partial charge in [-0.05, 0) is 0 Å². The molecule has 88 valence electrons. The maximum atomic E-state index is 10.6. The molecule has 0 spiro atoms. The standard InChI is InChI=1S/C8H8O8/c9-5(10)1-3(7(13)14)4(8(15)16)2-6(11)12/h1-2H2,(H,9,10)(H,11,12)(H,13,14)(H,15,16)/b4-3+. The van der Waals surface area contributed by atoms with Crippen molar-refractivity contribution >= 4 is 23.9 Å². The third-order valence-corrected chi connectivity index (χ3v) is 1.54. The lowest BCUT2D eigenvalue weighted by molar-refractivity contribution is -0.141. The normalized spacial score (nSPS) is 11.5. The maximum absolute atomic E-state index is 10.6. The van der Waals surface area contributed by atoms with Gasteiger partial charge in [0.2, 0.25) is 0 Å². The number of aliphatic carboxylic acids is 4. The number of carboxylic acid groups (broad SMARTS) is 4. The Morgan fingerprint density at radius 3 is 1.00 bits per heavy atom. The molecule has 0 aliphatic rings. The molecule has 8 nitrogen and oxygen atoms in total. The Labute approximate surface area is 88.4 Å². The Hall–Kier alpha value is -2.38. The zero-order valence-electron chi connectivity index (χ0n) is 7.84. The van der Waals surface area contributed by atoms with Gasteiger partial charge in [-0.15, -0.1) is 0 Å². The first kappa shape index (κ1) is 13.6. The average molecular weight is 232 g/mol. The Bertz CT molecular complexity index is 341. The van der Waals surface area contributed by atoms with Gasteiger partial charge in [-0.1, -0.05) is 0 Å². The highest BCUT2D eigenvalue weighted by Crippen LogP contribution is 2.14. The van der Waals surface area contributed by atoms with Crippen LogP contribution in [0.2, 0.25) is 0 Å². The van der Waals surface area contributed by atoms with E-state index in [9.17, 15) is 19.2 Å². The second kappa shape index (κ2) is 5.49. The third-order valence-electron chi connectivity index (χ3n) is 1.54. The Kier molecular flexibility index (Phi) is 4.67. The first-order valence-corrected chi connectivity index (χ1v) is 3.88. The molecule has 0 saturated heterocycles. The van der Waals surface area contributed by atoms with E-state index in [1.807, 2.05) is 0 Å². The topological polar surface area (TPSA) is 149 Å². The van der Waals surface area contributed by atoms with Crippen LogP contribution in [-0.2, 0) is 19.2 Å². The van der Waals surface area contributed by atoms with Crippen LogP contribution in [0.3, 0.4) is 0 Å². The monoisotopic (exact) mass is 232 g/mol. The fraction of sp³-hybridized carbons (Fsp3) is 0.250. The molecule has 0 aromatic heterocycles. The zero-order valence-corrected chi connectivity index (χ0v) is 7.84. The minimum absolute atomic E-state index is 0.942. The molecule has 0 rings (SSSR count). The Balaban J connectivity index is 5.43. The number of hydrogen-bond acceptors (Lipinski definition) is 4. The minimum atomic E-state index is -1.76. The van der Waals surface area contributed by atoms with E-state index in [1.165, 1.54) is 0 Å². The van der Waals surface area contributed by atoms with E-state index in [0.29, 0.717) is 0 Å². The molecule has 0 saturated carbocycles. The molecule has 0 aliphatic carbocycles. The van der Waals surface area contributed by atoms with Crippen molar-refractivity contribution in [3.63, 3.8) is 0 Å². The predicted octanol–water partition coefficient (Wildman–Crippen LogP) is -0.598. The van der Waals surface area contributed by atoms with Crippen molar-refractivity contribution in [2.45, 2.75) is 12.8 Å². The quantitative estimate of drug-likeness (QED) is 0.443. The van der Waals surface area contributed by atoms with Gasteiger partial charge in [-0.3, -0.25) is 9.59 Å². The number of rotatable bonds is 6. The van der Waals surface area contributed by atoms with Crippen LogP contribution in [-0.4, -0.2) is 44.3 Å². The van der Waals surface area contributed by atoms with E-state index in [2.05, 4.69) is 0 Å². The van der Waals surface area contributed by atoms with E-state index in [1.54, 1.807) is 0 Å². The Morgan fingerprint density at radius 2 is 0.875 bits per heavy atom. The fourth-order valence-corrected chi connectivity index (χ4v) is 0.925. The molecular weight excluding hydrogens is 224 g/mol. The van der Waals surface area contributed by atoms with Crippen molar-refractivity contribution < 1.29 is 39.6 Å². The molecule has 8 heteroatoms. The summed E-state index contributed by atoms with van der Waals surface area (Å²) in [5.41, 5.74) is -1.88. The first-order valence-electron chi connectivity index (χ1n) is 3.88. The number of hydrogen-bond donors (Lipinski definition) is 4. The maximum Gasteiger partial charge on any atom is 0.332 e. The molecule has 0 heterocycles. The molecule has 16 heavy (non-hydrogen) atoms. The second-order valence-electron chi connectivity index (χ2n) is 2.71. The summed E-state index contributed by atoms with van der Waals surface area (Å²) in [6, 6.07) is 0. The highest BCUT2D eigenvalue weighted by Gasteiger charge is 2.24. The molecule has 0 aromatic rings. The lowest BCUT2D eigenvalue weighted by atomic mass is 10.0. The summed E-state index contributed by atoms with van der Waals surface area (Å²) in [7, 11) is 0. The summed E-state index contributed by atoms with van der Waals surface area (Å²) in [5.74, 6) is -6.63. The summed E-state index contributed by atoms with van der Waals surface area (Å²) in [6.45, 7) is 0. The van der Waals surface area contributed by atoms with Crippen molar-refractivity contribution in [2.24, 2.45) is 0 Å². The summed E-state index contributed by atoms with van der Waals surface area (Å²) in [4.78, 5) is 41.7. The van der Waals surface area contributed by atoms with Gasteiger partial charge in [0.1, 0.15) is 0 Å². The predicted molar refractivity (Wildman–Crippen MR) is 46.8 cm³/mol. The van der Waals surface area contributed by atoms with Crippen LogP contribution in [0.4, 0.5) is 0 Å². The third kappa shape index (κ3) is 4.22. The van der Waals surface area contributed by atoms with Crippen LogP contribution in [0.15, 0.2) is 11.1 Å². The summed E-state index contributed by atoms with van der Waals surface area (Å²) in [6.07, 6.45) is -2.10. The van der Waals surface area contributed by atoms with Gasteiger partial charge >= 0.3 is 23.9 Å². The number of carboxylic acids is 4. The zero-order chi connectivity index (χ0) is 12.9. The first-order chi connectivity index (χ1) is 7.25. The van der Waals surface area contributed by atoms with Gasteiger partial charge in [0.25, 0.3) is 0 Å². The van der Waals surface area contributed by atoms with Gasteiger partial charge in [0, 0.05) is 0 Å². The highest BCUT2D eigenvalue weighted by molar-refractivity contribution is 6.03. The van der Waals surface area contributed by atoms with E-state index in [-0.39, 0.29) is 0 Å². The van der Waals surface area contributed by atoms with Crippen LogP contribution in [0.1, 0.15) is 12.8 Å². The SMILES string of the molecule is O=C(O)C/C(C(=O)O)=C(/CC(=O)O)C(=O)O. The summed E-state index contributed by atoms with van der Waals surface area (Å²) >= 11 is 0. The molecule has 0 atom stereocenters. The largest absolute Gasteiger partial charge is 0.481 e. The summed E-state index contributed by atoms with van der Waals surface area (Å²) in [5, 5.41) is 33.9. The van der Waals surface area contributed by atoms with Crippen molar-refractivity contribution in [3.8, 4) is 0 Å². The lowest BCUT2D eigenvalue weighted by Gasteiger charge is -2.04. The summed E-state index contributed by atoms with van der Waals surface area (Å²) < 4.78 is 0. The van der Waals surface area contributed by atoms with Gasteiger partial charge in [0.05, 0.1) is 24.0 Å². The van der Waals surface area contributed by atoms with E-state index >= 15 is 0 Å². The van der Waals surface area contributed by atoms with Gasteiger partial charge in [0.15, 0.2) is 0 Å². The van der Waals surface area contributed by atoms with Crippen LogP contribution >= 0.6 is 0 Å². The Morgan fingerprint density at radius 1 is 0.625 bits per heavy atom. The average Bonchev–Trinajstić information content (AvgIpc) is 2.09. The van der Waals surface area contributed by atoms with Crippen molar-refractivity contribution in [3.05, 3.63) is 11.1 Å². The molecule has 0 fully saturated rings. The van der Waals surface area contributed by atoms with E-state index in [4.69, 9.17) is 20.4 Å². The van der Waals surface area contributed by atoms with Crippen molar-refractivity contribution in [1.82, 2.24) is 0 Å². The van der Waals surface area contributed by atoms with Gasteiger partial charge in [-0.2, -0.15) is 0 Å². The number of carbonyl (C=O) groups is 4. The van der Waals surface area contributed by atoms with Crippen LogP contribution in [0, 0.1) is 0 Å². The van der Waals surface area contributed by atoms with Crippen molar-refractivity contribution in [2.75, 3.05) is 0 Å². The molecule has 0 unspecified atom stereocenters. The van der Waals surface area contributed by atoms with E-state index < -0.39 is 47.9 Å². The molecule has 0 aromatic carbocycles. The molecule has 4 N–H and O–H groups in total. The molecule has 0 aliphatic heterocycles. The molecule has 0 amide bonds. The highest BCUT2D eigenvalue weighted by atomic mass is 16.4. The second-order valence-corrected chi connectivity index (χ2v) is 2.71. The minimum Gasteiger partial charge on any atom is -0.481 e. The van der Waals surface area contributed by atoms with Gasteiger partial charge < -0.3 is 20.4 Å². The fourth-order valence-electron chi connectivity index (χ4n) is 0.925.